The lowest BCUT2D eigenvalue weighted by molar-refractivity contribution is -0.136. The molecular weight excluding hydrogens is 554 g/mol. The summed E-state index contributed by atoms with van der Waals surface area (Å²) in [6.07, 6.45) is 8.33. The summed E-state index contributed by atoms with van der Waals surface area (Å²) < 4.78 is 35.4. The highest BCUT2D eigenvalue weighted by Gasteiger charge is 2.39. The molecule has 0 bridgehead atoms. The first-order valence-corrected chi connectivity index (χ1v) is 14.5. The fraction of sp³-hybridized carbons (Fsp3) is 0.364. The Bertz CT molecular complexity index is 1450. The van der Waals surface area contributed by atoms with Crippen LogP contribution in [0.25, 0.3) is 0 Å². The molecule has 0 aromatic heterocycles. The van der Waals surface area contributed by atoms with Crippen molar-refractivity contribution < 1.29 is 27.9 Å². The zero-order valence-corrected chi connectivity index (χ0v) is 24.2. The van der Waals surface area contributed by atoms with E-state index in [4.69, 9.17) is 4.74 Å². The first kappa shape index (κ1) is 30.3. The molecule has 2 N–H and O–H groups in total. The van der Waals surface area contributed by atoms with Gasteiger partial charge in [-0.15, -0.1) is 0 Å². The van der Waals surface area contributed by atoms with E-state index >= 15 is 0 Å². The molecule has 1 unspecified atom stereocenters. The molecule has 8 nitrogen and oxygen atoms in total. The number of rotatable bonds is 10. The fourth-order valence-electron chi connectivity index (χ4n) is 5.83. The molecule has 226 valence electrons. The molecule has 0 aliphatic carbocycles. The van der Waals surface area contributed by atoms with Gasteiger partial charge in [-0.3, -0.25) is 24.6 Å². The van der Waals surface area contributed by atoms with Gasteiger partial charge in [0, 0.05) is 56.3 Å². The summed E-state index contributed by atoms with van der Waals surface area (Å²) in [6, 6.07) is 8.41. The molecule has 3 aliphatic heterocycles. The normalized spacial score (nSPS) is 23.0. The van der Waals surface area contributed by atoms with Gasteiger partial charge >= 0.3 is 0 Å². The van der Waals surface area contributed by atoms with Crippen molar-refractivity contribution in [1.82, 2.24) is 20.4 Å². The van der Waals surface area contributed by atoms with E-state index in [0.29, 0.717) is 43.8 Å². The van der Waals surface area contributed by atoms with Crippen LogP contribution in [0.4, 0.5) is 8.78 Å². The summed E-state index contributed by atoms with van der Waals surface area (Å²) in [5, 5.41) is 5.90. The van der Waals surface area contributed by atoms with Crippen LogP contribution in [0.1, 0.15) is 47.7 Å². The van der Waals surface area contributed by atoms with E-state index in [1.54, 1.807) is 18.2 Å². The van der Waals surface area contributed by atoms with Crippen LogP contribution in [-0.4, -0.2) is 65.3 Å². The Hall–Kier alpha value is -4.15. The number of fused-ring (bicyclic) bond motifs is 1. The summed E-state index contributed by atoms with van der Waals surface area (Å²) in [5.74, 6) is -1.62. The molecule has 43 heavy (non-hydrogen) atoms. The van der Waals surface area contributed by atoms with Gasteiger partial charge in [0.25, 0.3) is 5.91 Å². The number of hydrogen-bond acceptors (Lipinski definition) is 6. The van der Waals surface area contributed by atoms with Crippen molar-refractivity contribution in [2.45, 2.75) is 57.5 Å². The van der Waals surface area contributed by atoms with Crippen molar-refractivity contribution in [2.24, 2.45) is 0 Å². The number of likely N-dealkylation sites (tertiary alicyclic amines) is 1. The van der Waals surface area contributed by atoms with E-state index in [1.165, 1.54) is 23.1 Å². The predicted molar refractivity (Wildman–Crippen MR) is 158 cm³/mol. The number of hydrogen-bond donors (Lipinski definition) is 2. The minimum Gasteiger partial charge on any atom is -0.487 e. The Morgan fingerprint density at radius 3 is 2.67 bits per heavy atom. The molecule has 0 spiro atoms. The first-order chi connectivity index (χ1) is 20.7. The van der Waals surface area contributed by atoms with Crippen molar-refractivity contribution in [3.05, 3.63) is 101 Å². The van der Waals surface area contributed by atoms with Crippen molar-refractivity contribution in [2.75, 3.05) is 19.6 Å². The molecular formula is C33H36F2N4O4. The molecule has 0 saturated carbocycles. The van der Waals surface area contributed by atoms with E-state index in [0.717, 1.165) is 11.1 Å². The number of benzene rings is 2. The van der Waals surface area contributed by atoms with Gasteiger partial charge in [0.2, 0.25) is 11.8 Å². The summed E-state index contributed by atoms with van der Waals surface area (Å²) >= 11 is 0. The third-order valence-electron chi connectivity index (χ3n) is 8.14. The molecule has 3 atom stereocenters. The van der Waals surface area contributed by atoms with Gasteiger partial charge in [0.1, 0.15) is 29.5 Å². The quantitative estimate of drug-likeness (QED) is 0.321. The largest absolute Gasteiger partial charge is 0.487 e. The summed E-state index contributed by atoms with van der Waals surface area (Å²) in [7, 11) is 0. The second-order valence-corrected chi connectivity index (χ2v) is 11.2. The summed E-state index contributed by atoms with van der Waals surface area (Å²) in [5.41, 5.74) is 2.40. The molecule has 3 aliphatic rings. The van der Waals surface area contributed by atoms with Crippen molar-refractivity contribution in [3.63, 3.8) is 0 Å². The minimum absolute atomic E-state index is 0.0324. The lowest BCUT2D eigenvalue weighted by Crippen LogP contribution is -2.55. The topological polar surface area (TPSA) is 91.0 Å². The number of nitrogens with zero attached hydrogens (tertiary/aromatic N) is 2. The Morgan fingerprint density at radius 1 is 1.14 bits per heavy atom. The average molecular weight is 591 g/mol. The summed E-state index contributed by atoms with van der Waals surface area (Å²) in [6.45, 7) is 7.77. The lowest BCUT2D eigenvalue weighted by Gasteiger charge is -2.39. The van der Waals surface area contributed by atoms with E-state index in [9.17, 15) is 23.2 Å². The number of halogens is 2. The number of allylic oxidation sites excluding steroid dienone is 4. The number of nitrogens with one attached hydrogen (secondary N) is 2. The maximum atomic E-state index is 14.4. The standard InChI is InChI=1S/C33H36F2N4O4/c1-3-4-5-7-21(2)17-36-28-14-15-38(19-25-26(34)8-6-9-27(25)35)20-30(28)43-23-10-11-24-22(16-23)18-39(33(24)42)29-12-13-31(40)37-32(29)41/h3-11,16,28-30,36H,1,12-15,17-20H2,2H3,(H,37,40,41)/b5-4-,21-7+/t28-,29?,30-/m0/s1. The Morgan fingerprint density at radius 2 is 1.93 bits per heavy atom. The number of ether oxygens (including phenoxy) is 1. The van der Waals surface area contributed by atoms with Gasteiger partial charge in [-0.05, 0) is 55.7 Å². The lowest BCUT2D eigenvalue weighted by atomic mass is 10.00. The third kappa shape index (κ3) is 7.09. The molecule has 0 radical (unpaired) electrons. The first-order valence-electron chi connectivity index (χ1n) is 14.5. The van der Waals surface area contributed by atoms with E-state index < -0.39 is 23.6 Å². The highest BCUT2D eigenvalue weighted by molar-refractivity contribution is 6.05. The fourth-order valence-corrected chi connectivity index (χ4v) is 5.83. The minimum atomic E-state index is -0.696. The SMILES string of the molecule is C=C/C=C\C=C(/C)CN[C@H]1CCN(Cc2c(F)cccc2F)C[C@@H]1Oc1ccc2c(c1)CN(C1CCC(=O)NC1=O)C2=O. The molecule has 3 amide bonds. The van der Waals surface area contributed by atoms with Crippen LogP contribution in [0.5, 0.6) is 5.75 Å². The number of piperidine rings is 2. The Kier molecular flexibility index (Phi) is 9.47. The zero-order valence-electron chi connectivity index (χ0n) is 24.2. The molecule has 5 rings (SSSR count). The molecule has 3 heterocycles. The number of carbonyl (C=O) groups is 3. The van der Waals surface area contributed by atoms with Gasteiger partial charge in [0.15, 0.2) is 0 Å². The zero-order chi connectivity index (χ0) is 30.5. The van der Waals surface area contributed by atoms with Crippen LogP contribution in [0.2, 0.25) is 0 Å². The molecule has 2 aromatic carbocycles. The van der Waals surface area contributed by atoms with Crippen LogP contribution in [0, 0.1) is 11.6 Å². The van der Waals surface area contributed by atoms with Gasteiger partial charge in [0.05, 0.1) is 0 Å². The Balaban J connectivity index is 1.32. The number of amides is 3. The second-order valence-electron chi connectivity index (χ2n) is 11.2. The Labute approximate surface area is 250 Å². The predicted octanol–water partition coefficient (Wildman–Crippen LogP) is 4.03. The molecule has 2 aromatic rings. The van der Waals surface area contributed by atoms with Crippen LogP contribution in [0.15, 0.2) is 72.9 Å². The molecule has 10 heteroatoms. The van der Waals surface area contributed by atoms with E-state index in [2.05, 4.69) is 17.2 Å². The van der Waals surface area contributed by atoms with Crippen LogP contribution in [0.3, 0.4) is 0 Å². The van der Waals surface area contributed by atoms with Crippen LogP contribution in [-0.2, 0) is 22.7 Å². The maximum Gasteiger partial charge on any atom is 0.255 e. The van der Waals surface area contributed by atoms with Crippen molar-refractivity contribution in [1.29, 1.82) is 0 Å². The maximum absolute atomic E-state index is 14.4. The van der Waals surface area contributed by atoms with Crippen LogP contribution < -0.4 is 15.4 Å². The van der Waals surface area contributed by atoms with Gasteiger partial charge in [-0.1, -0.05) is 42.5 Å². The van der Waals surface area contributed by atoms with Crippen molar-refractivity contribution in [3.8, 4) is 5.75 Å². The van der Waals surface area contributed by atoms with Gasteiger partial charge in [-0.2, -0.15) is 0 Å². The third-order valence-corrected chi connectivity index (χ3v) is 8.14. The highest BCUT2D eigenvalue weighted by atomic mass is 19.1. The van der Waals surface area contributed by atoms with E-state index in [-0.39, 0.29) is 49.0 Å². The van der Waals surface area contributed by atoms with Gasteiger partial charge < -0.3 is 15.0 Å². The van der Waals surface area contributed by atoms with Crippen LogP contribution >= 0.6 is 0 Å². The second kappa shape index (κ2) is 13.4. The van der Waals surface area contributed by atoms with Gasteiger partial charge in [-0.25, -0.2) is 8.78 Å². The summed E-state index contributed by atoms with van der Waals surface area (Å²) in [4.78, 5) is 40.6. The highest BCUT2D eigenvalue weighted by Crippen LogP contribution is 2.31. The van der Waals surface area contributed by atoms with E-state index in [1.807, 2.05) is 36.1 Å². The number of carbonyl (C=O) groups excluding carboxylic acids is 3. The van der Waals surface area contributed by atoms with Crippen molar-refractivity contribution >= 4 is 17.7 Å². The monoisotopic (exact) mass is 590 g/mol. The smallest absolute Gasteiger partial charge is 0.255 e. The average Bonchev–Trinajstić information content (AvgIpc) is 3.30. The molecule has 2 saturated heterocycles. The number of imide groups is 1. The molecule has 2 fully saturated rings.